The summed E-state index contributed by atoms with van der Waals surface area (Å²) in [5.41, 5.74) is 8.22. The van der Waals surface area contributed by atoms with E-state index in [9.17, 15) is 31.5 Å². The average Bonchev–Trinajstić information content (AvgIpc) is 3.25. The fourth-order valence-electron chi connectivity index (χ4n) is 5.70. The normalized spacial score (nSPS) is 24.7. The molecular formula is C27H29F5N8O3. The number of piperidine rings is 1. The summed E-state index contributed by atoms with van der Waals surface area (Å²) in [6, 6.07) is 2.12. The Hall–Kier alpha value is -4.08. The van der Waals surface area contributed by atoms with Gasteiger partial charge in [0, 0.05) is 57.2 Å². The van der Waals surface area contributed by atoms with Crippen molar-refractivity contribution in [3.8, 4) is 17.1 Å². The lowest BCUT2D eigenvalue weighted by molar-refractivity contribution is -0.134. The van der Waals surface area contributed by atoms with Gasteiger partial charge in [0.15, 0.2) is 5.82 Å². The molecule has 2 saturated heterocycles. The van der Waals surface area contributed by atoms with Crippen LogP contribution in [-0.4, -0.2) is 98.5 Å². The highest BCUT2D eigenvalue weighted by molar-refractivity contribution is 5.98. The molecule has 43 heavy (non-hydrogen) atoms. The van der Waals surface area contributed by atoms with Gasteiger partial charge < -0.3 is 20.7 Å². The number of nitrogen functional groups attached to an aromatic ring is 1. The number of nitrogens with zero attached hydrogens (tertiary/aromatic N) is 6. The van der Waals surface area contributed by atoms with E-state index in [1.807, 2.05) is 4.90 Å². The summed E-state index contributed by atoms with van der Waals surface area (Å²) in [7, 11) is 1.31. The highest BCUT2D eigenvalue weighted by atomic mass is 19.3. The van der Waals surface area contributed by atoms with Crippen LogP contribution in [0.1, 0.15) is 35.2 Å². The van der Waals surface area contributed by atoms with Gasteiger partial charge in [-0.2, -0.15) is 5.10 Å². The number of nitrogens with one attached hydrogen (secondary N) is 1. The molecule has 0 radical (unpaired) electrons. The molecule has 3 fully saturated rings. The molecule has 16 heteroatoms. The number of hydrogen-bond acceptors (Lipinski definition) is 8. The number of rotatable bonds is 7. The Morgan fingerprint density at radius 1 is 1.14 bits per heavy atom. The first-order valence-corrected chi connectivity index (χ1v) is 13.7. The SMILES string of the molecule is COc1ncc(-c2cc(CN3CCC(F)(F)CC3)c3c(N)ncnn23)cc1C(=O)N[C@@H]1CN(C(=O)[C@@H]2CC2(F)F)C[C@@H]1F. The van der Waals surface area contributed by atoms with Crippen molar-refractivity contribution < 1.29 is 36.3 Å². The van der Waals surface area contributed by atoms with Crippen LogP contribution in [0.5, 0.6) is 5.88 Å². The highest BCUT2D eigenvalue weighted by Gasteiger charge is 2.63. The van der Waals surface area contributed by atoms with Crippen LogP contribution in [0.25, 0.3) is 16.8 Å². The van der Waals surface area contributed by atoms with Crippen molar-refractivity contribution >= 4 is 23.1 Å². The van der Waals surface area contributed by atoms with Gasteiger partial charge in [0.05, 0.1) is 25.4 Å². The molecule has 2 amide bonds. The van der Waals surface area contributed by atoms with Crippen LogP contribution in [0, 0.1) is 5.92 Å². The topological polar surface area (TPSA) is 131 Å². The predicted octanol–water partition coefficient (Wildman–Crippen LogP) is 2.55. The highest BCUT2D eigenvalue weighted by Crippen LogP contribution is 2.49. The van der Waals surface area contributed by atoms with E-state index in [1.165, 1.54) is 30.2 Å². The van der Waals surface area contributed by atoms with Gasteiger partial charge in [-0.1, -0.05) is 0 Å². The molecular weight excluding hydrogens is 579 g/mol. The van der Waals surface area contributed by atoms with Crippen molar-refractivity contribution in [2.24, 2.45) is 5.92 Å². The van der Waals surface area contributed by atoms with E-state index in [2.05, 4.69) is 20.4 Å². The molecule has 3 atom stereocenters. The maximum Gasteiger partial charge on any atom is 0.260 e. The summed E-state index contributed by atoms with van der Waals surface area (Å²) >= 11 is 0. The van der Waals surface area contributed by atoms with Gasteiger partial charge in [-0.3, -0.25) is 14.5 Å². The first-order valence-electron chi connectivity index (χ1n) is 13.7. The second-order valence-electron chi connectivity index (χ2n) is 11.2. The Bertz CT molecular complexity index is 1570. The zero-order chi connectivity index (χ0) is 30.7. The van der Waals surface area contributed by atoms with Crippen molar-refractivity contribution in [3.63, 3.8) is 0 Å². The molecule has 0 aromatic carbocycles. The molecule has 5 heterocycles. The van der Waals surface area contributed by atoms with E-state index >= 15 is 0 Å². The van der Waals surface area contributed by atoms with Crippen LogP contribution >= 0.6 is 0 Å². The number of pyridine rings is 1. The number of nitrogens with two attached hydrogens (primary N) is 1. The van der Waals surface area contributed by atoms with E-state index in [0.29, 0.717) is 28.9 Å². The summed E-state index contributed by atoms with van der Waals surface area (Å²) < 4.78 is 75.8. The molecule has 1 saturated carbocycles. The summed E-state index contributed by atoms with van der Waals surface area (Å²) in [5.74, 6) is -8.68. The lowest BCUT2D eigenvalue weighted by atomic mass is 10.1. The molecule has 0 spiro atoms. The molecule has 6 rings (SSSR count). The van der Waals surface area contributed by atoms with Gasteiger partial charge in [0.2, 0.25) is 11.8 Å². The number of amides is 2. The first-order chi connectivity index (χ1) is 20.4. The first kappa shape index (κ1) is 29.0. The van der Waals surface area contributed by atoms with E-state index in [1.54, 1.807) is 6.07 Å². The third-order valence-electron chi connectivity index (χ3n) is 8.23. The van der Waals surface area contributed by atoms with Crippen LogP contribution in [0.2, 0.25) is 0 Å². The third-order valence-corrected chi connectivity index (χ3v) is 8.23. The standard InChI is InChI=1S/C27H29F5N8O3/c1-43-24-16(23(41)37-19-12-39(11-18(19)28)25(42)17-8-27(17,31)32)6-14(9-34-24)20-7-15(21-22(33)35-13-36-40(20)21)10-38-4-2-26(29,30)3-5-38/h6-7,9,13,17-19H,2-5,8,10-12H2,1H3,(H,37,41)(H2,33,35,36)/t17-,18-,19+/m0/s1. The number of carbonyl (C=O) groups is 2. The lowest BCUT2D eigenvalue weighted by Crippen LogP contribution is -2.42. The molecule has 1 aliphatic carbocycles. The van der Waals surface area contributed by atoms with Crippen molar-refractivity contribution in [1.82, 2.24) is 34.7 Å². The Kier molecular flexibility index (Phi) is 7.13. The molecule has 3 aromatic heterocycles. The largest absolute Gasteiger partial charge is 0.480 e. The van der Waals surface area contributed by atoms with E-state index in [4.69, 9.17) is 10.5 Å². The second-order valence-corrected chi connectivity index (χ2v) is 11.2. The lowest BCUT2D eigenvalue weighted by Gasteiger charge is -2.31. The van der Waals surface area contributed by atoms with Gasteiger partial charge in [-0.15, -0.1) is 0 Å². The molecule has 11 nitrogen and oxygen atoms in total. The maximum absolute atomic E-state index is 14.8. The van der Waals surface area contributed by atoms with Crippen molar-refractivity contribution in [2.75, 3.05) is 39.0 Å². The van der Waals surface area contributed by atoms with Crippen LogP contribution in [-0.2, 0) is 11.3 Å². The smallest absolute Gasteiger partial charge is 0.260 e. The number of aromatic nitrogens is 4. The summed E-state index contributed by atoms with van der Waals surface area (Å²) in [6.45, 7) is 0.0598. The fourth-order valence-corrected chi connectivity index (χ4v) is 5.70. The van der Waals surface area contributed by atoms with Gasteiger partial charge in [0.25, 0.3) is 17.8 Å². The van der Waals surface area contributed by atoms with Gasteiger partial charge in [-0.25, -0.2) is 36.4 Å². The monoisotopic (exact) mass is 608 g/mol. The minimum absolute atomic E-state index is 0.0394. The Morgan fingerprint density at radius 2 is 1.86 bits per heavy atom. The molecule has 3 aliphatic rings. The second kappa shape index (κ2) is 10.6. The number of carbonyl (C=O) groups excluding carboxylic acids is 2. The van der Waals surface area contributed by atoms with Crippen LogP contribution in [0.15, 0.2) is 24.7 Å². The predicted molar refractivity (Wildman–Crippen MR) is 142 cm³/mol. The van der Waals surface area contributed by atoms with E-state index in [0.717, 1.165) is 4.90 Å². The number of hydrogen-bond donors (Lipinski definition) is 2. The van der Waals surface area contributed by atoms with Crippen LogP contribution in [0.3, 0.4) is 0 Å². The van der Waals surface area contributed by atoms with Crippen molar-refractivity contribution in [1.29, 1.82) is 0 Å². The average molecular weight is 609 g/mol. The zero-order valence-electron chi connectivity index (χ0n) is 23.1. The summed E-state index contributed by atoms with van der Waals surface area (Å²) in [4.78, 5) is 36.9. The van der Waals surface area contributed by atoms with Crippen molar-refractivity contribution in [3.05, 3.63) is 35.8 Å². The molecule has 0 unspecified atom stereocenters. The molecule has 3 aromatic rings. The Morgan fingerprint density at radius 3 is 2.53 bits per heavy atom. The van der Waals surface area contributed by atoms with Gasteiger partial charge >= 0.3 is 0 Å². The summed E-state index contributed by atoms with van der Waals surface area (Å²) in [5, 5.41) is 6.85. The fraction of sp³-hybridized carbons (Fsp3) is 0.519. The van der Waals surface area contributed by atoms with Crippen LogP contribution < -0.4 is 15.8 Å². The Balaban J connectivity index is 1.25. The number of ether oxygens (including phenoxy) is 1. The molecule has 0 bridgehead atoms. The zero-order valence-corrected chi connectivity index (χ0v) is 23.1. The number of halogens is 5. The number of methoxy groups -OCH3 is 1. The number of fused-ring (bicyclic) bond motifs is 1. The molecule has 2 aliphatic heterocycles. The maximum atomic E-state index is 14.8. The van der Waals surface area contributed by atoms with E-state index < -0.39 is 54.8 Å². The minimum Gasteiger partial charge on any atom is -0.480 e. The number of alkyl halides is 5. The molecule has 230 valence electrons. The van der Waals surface area contributed by atoms with E-state index in [-0.39, 0.29) is 49.7 Å². The van der Waals surface area contributed by atoms with Gasteiger partial charge in [-0.05, 0) is 17.7 Å². The quantitative estimate of drug-likeness (QED) is 0.392. The minimum atomic E-state index is -3.08. The number of likely N-dealkylation sites (tertiary alicyclic amines) is 2. The number of anilines is 1. The summed E-state index contributed by atoms with van der Waals surface area (Å²) in [6.07, 6.45) is -0.0181. The van der Waals surface area contributed by atoms with Crippen molar-refractivity contribution in [2.45, 2.75) is 49.9 Å². The third kappa shape index (κ3) is 5.55. The van der Waals surface area contributed by atoms with Gasteiger partial charge in [0.1, 0.15) is 29.5 Å². The molecule has 3 N–H and O–H groups in total. The van der Waals surface area contributed by atoms with Crippen LogP contribution in [0.4, 0.5) is 27.8 Å². The Labute approximate surface area is 242 Å².